The van der Waals surface area contributed by atoms with Crippen LogP contribution in [0.3, 0.4) is 0 Å². The second kappa shape index (κ2) is 9.29. The Morgan fingerprint density at radius 2 is 1.86 bits per heavy atom. The third kappa shape index (κ3) is 5.62. The zero-order valence-corrected chi connectivity index (χ0v) is 17.8. The quantitative estimate of drug-likeness (QED) is 0.660. The molecule has 1 aliphatic heterocycles. The van der Waals surface area contributed by atoms with Crippen molar-refractivity contribution in [3.05, 3.63) is 77.0 Å². The van der Waals surface area contributed by atoms with E-state index in [1.165, 1.54) is 22.3 Å². The molecule has 3 nitrogen and oxygen atoms in total. The number of nitrogens with zero attached hydrogens (tertiary/aromatic N) is 1. The highest BCUT2D eigenvalue weighted by Gasteiger charge is 2.17. The van der Waals surface area contributed by atoms with Gasteiger partial charge in [0, 0.05) is 31.4 Å². The van der Waals surface area contributed by atoms with E-state index in [1.807, 2.05) is 6.92 Å². The van der Waals surface area contributed by atoms with Crippen molar-refractivity contribution in [2.75, 3.05) is 13.2 Å². The number of rotatable bonds is 8. The molecule has 3 heteroatoms. The third-order valence-corrected chi connectivity index (χ3v) is 5.20. The van der Waals surface area contributed by atoms with E-state index in [9.17, 15) is 0 Å². The van der Waals surface area contributed by atoms with E-state index in [0.29, 0.717) is 12.0 Å². The van der Waals surface area contributed by atoms with Crippen LogP contribution in [0.15, 0.2) is 54.7 Å². The average Bonchev–Trinajstić information content (AvgIpc) is 2.66. The van der Waals surface area contributed by atoms with Crippen molar-refractivity contribution >= 4 is 0 Å². The highest BCUT2D eigenvalue weighted by atomic mass is 16.5. The lowest BCUT2D eigenvalue weighted by Gasteiger charge is -2.29. The highest BCUT2D eigenvalue weighted by molar-refractivity contribution is 5.37. The van der Waals surface area contributed by atoms with Gasteiger partial charge in [-0.3, -0.25) is 4.90 Å². The van der Waals surface area contributed by atoms with Crippen molar-refractivity contribution in [2.24, 2.45) is 5.92 Å². The predicted molar refractivity (Wildman–Crippen MR) is 117 cm³/mol. The summed E-state index contributed by atoms with van der Waals surface area (Å²) < 4.78 is 5.89. The van der Waals surface area contributed by atoms with E-state index in [2.05, 4.69) is 80.0 Å². The molecule has 150 valence electrons. The topological polar surface area (TPSA) is 24.5 Å². The van der Waals surface area contributed by atoms with Crippen molar-refractivity contribution in [1.82, 2.24) is 10.2 Å². The molecule has 0 saturated heterocycles. The molecule has 2 aromatic rings. The largest absolute Gasteiger partial charge is 0.493 e. The molecule has 0 saturated carbocycles. The van der Waals surface area contributed by atoms with Gasteiger partial charge in [-0.15, -0.1) is 0 Å². The standard InChI is InChI=1S/C25H34N2O/c1-18(2)17-28-25-11-10-24-16-27(13-12-23(24)14-25)15-21-6-8-22(9-7-21)20(5)26-19(3)4/h6-11,14,18,20,26H,3,12-13,15-17H2,1-2,4-5H3. The van der Waals surface area contributed by atoms with Crippen molar-refractivity contribution in [1.29, 1.82) is 0 Å². The second-order valence-electron chi connectivity index (χ2n) is 8.48. The van der Waals surface area contributed by atoms with Crippen LogP contribution >= 0.6 is 0 Å². The van der Waals surface area contributed by atoms with Crippen LogP contribution in [0.5, 0.6) is 5.75 Å². The van der Waals surface area contributed by atoms with Gasteiger partial charge in [0.15, 0.2) is 0 Å². The highest BCUT2D eigenvalue weighted by Crippen LogP contribution is 2.25. The smallest absolute Gasteiger partial charge is 0.119 e. The Morgan fingerprint density at radius 3 is 2.54 bits per heavy atom. The Morgan fingerprint density at radius 1 is 1.11 bits per heavy atom. The zero-order chi connectivity index (χ0) is 20.1. The van der Waals surface area contributed by atoms with Gasteiger partial charge in [0.2, 0.25) is 0 Å². The van der Waals surface area contributed by atoms with Gasteiger partial charge in [-0.05, 0) is 60.6 Å². The molecule has 3 rings (SSSR count). The Kier molecular flexibility index (Phi) is 6.79. The fourth-order valence-corrected chi connectivity index (χ4v) is 3.70. The molecular weight excluding hydrogens is 344 g/mol. The number of hydrogen-bond acceptors (Lipinski definition) is 3. The van der Waals surface area contributed by atoms with Crippen LogP contribution in [0.1, 0.15) is 56.0 Å². The van der Waals surface area contributed by atoms with E-state index in [4.69, 9.17) is 4.74 Å². The van der Waals surface area contributed by atoms with E-state index in [0.717, 1.165) is 44.1 Å². The number of ether oxygens (including phenoxy) is 1. The summed E-state index contributed by atoms with van der Waals surface area (Å²) >= 11 is 0. The van der Waals surface area contributed by atoms with E-state index < -0.39 is 0 Å². The number of benzene rings is 2. The van der Waals surface area contributed by atoms with Gasteiger partial charge in [0.25, 0.3) is 0 Å². The molecule has 0 amide bonds. The minimum Gasteiger partial charge on any atom is -0.493 e. The first-order valence-electron chi connectivity index (χ1n) is 10.4. The van der Waals surface area contributed by atoms with Crippen LogP contribution in [0.25, 0.3) is 0 Å². The first kappa shape index (κ1) is 20.5. The monoisotopic (exact) mass is 378 g/mol. The molecule has 0 aromatic heterocycles. The summed E-state index contributed by atoms with van der Waals surface area (Å²) in [6.07, 6.45) is 1.09. The van der Waals surface area contributed by atoms with Gasteiger partial charge in [0.1, 0.15) is 5.75 Å². The van der Waals surface area contributed by atoms with Gasteiger partial charge >= 0.3 is 0 Å². The van der Waals surface area contributed by atoms with Crippen molar-refractivity contribution in [3.63, 3.8) is 0 Å². The molecule has 0 fully saturated rings. The Labute approximate surface area is 170 Å². The number of nitrogens with one attached hydrogen (secondary N) is 1. The third-order valence-electron chi connectivity index (χ3n) is 5.20. The fourth-order valence-electron chi connectivity index (χ4n) is 3.70. The molecule has 1 heterocycles. The Balaban J connectivity index is 1.58. The Hall–Kier alpha value is -2.26. The van der Waals surface area contributed by atoms with Crippen molar-refractivity contribution < 1.29 is 4.74 Å². The lowest BCUT2D eigenvalue weighted by atomic mass is 9.98. The van der Waals surface area contributed by atoms with E-state index in [1.54, 1.807) is 0 Å². The molecule has 1 aliphatic rings. The minimum atomic E-state index is 0.292. The van der Waals surface area contributed by atoms with Crippen LogP contribution in [0.2, 0.25) is 0 Å². The molecular formula is C25H34N2O. The van der Waals surface area contributed by atoms with Crippen LogP contribution in [0.4, 0.5) is 0 Å². The van der Waals surface area contributed by atoms with Crippen molar-refractivity contribution in [2.45, 2.75) is 53.2 Å². The maximum absolute atomic E-state index is 5.89. The molecule has 0 aliphatic carbocycles. The SMILES string of the molecule is C=C(C)NC(C)c1ccc(CN2CCc3cc(OCC(C)C)ccc3C2)cc1. The Bertz CT molecular complexity index is 795. The zero-order valence-electron chi connectivity index (χ0n) is 17.8. The first-order chi connectivity index (χ1) is 13.4. The van der Waals surface area contributed by atoms with Crippen LogP contribution in [-0.4, -0.2) is 18.1 Å². The lowest BCUT2D eigenvalue weighted by Crippen LogP contribution is -2.30. The molecule has 0 bridgehead atoms. The normalized spacial score (nSPS) is 15.2. The average molecular weight is 379 g/mol. The molecule has 1 atom stereocenters. The molecule has 2 aromatic carbocycles. The number of allylic oxidation sites excluding steroid dienone is 1. The summed E-state index contributed by atoms with van der Waals surface area (Å²) in [6.45, 7) is 16.3. The predicted octanol–water partition coefficient (Wildman–Crippen LogP) is 5.46. The summed E-state index contributed by atoms with van der Waals surface area (Å²) in [6, 6.07) is 15.9. The van der Waals surface area contributed by atoms with Gasteiger partial charge in [-0.1, -0.05) is 50.8 Å². The maximum Gasteiger partial charge on any atom is 0.119 e. The van der Waals surface area contributed by atoms with Crippen LogP contribution in [-0.2, 0) is 19.5 Å². The van der Waals surface area contributed by atoms with Crippen LogP contribution in [0, 0.1) is 5.92 Å². The molecule has 1 unspecified atom stereocenters. The summed E-state index contributed by atoms with van der Waals surface area (Å²) in [5.74, 6) is 1.56. The molecule has 28 heavy (non-hydrogen) atoms. The number of hydrogen-bond donors (Lipinski definition) is 1. The maximum atomic E-state index is 5.89. The summed E-state index contributed by atoms with van der Waals surface area (Å²) in [5.41, 5.74) is 6.53. The second-order valence-corrected chi connectivity index (χ2v) is 8.48. The molecule has 0 spiro atoms. The lowest BCUT2D eigenvalue weighted by molar-refractivity contribution is 0.243. The molecule has 0 radical (unpaired) electrons. The van der Waals surface area contributed by atoms with E-state index in [-0.39, 0.29) is 0 Å². The first-order valence-corrected chi connectivity index (χ1v) is 10.4. The molecule has 1 N–H and O–H groups in total. The summed E-state index contributed by atoms with van der Waals surface area (Å²) in [5, 5.41) is 3.38. The number of fused-ring (bicyclic) bond motifs is 1. The van der Waals surface area contributed by atoms with Crippen LogP contribution < -0.4 is 10.1 Å². The van der Waals surface area contributed by atoms with E-state index >= 15 is 0 Å². The minimum absolute atomic E-state index is 0.292. The summed E-state index contributed by atoms with van der Waals surface area (Å²) in [4.78, 5) is 2.53. The van der Waals surface area contributed by atoms with Gasteiger partial charge in [0.05, 0.1) is 6.61 Å². The fraction of sp³-hybridized carbons (Fsp3) is 0.440. The summed E-state index contributed by atoms with van der Waals surface area (Å²) in [7, 11) is 0. The van der Waals surface area contributed by atoms with Gasteiger partial charge in [-0.2, -0.15) is 0 Å². The van der Waals surface area contributed by atoms with Crippen molar-refractivity contribution in [3.8, 4) is 5.75 Å². The van der Waals surface area contributed by atoms with Gasteiger partial charge < -0.3 is 10.1 Å². The van der Waals surface area contributed by atoms with Gasteiger partial charge in [-0.25, -0.2) is 0 Å².